The van der Waals surface area contributed by atoms with Crippen LogP contribution in [0.3, 0.4) is 0 Å². The molecule has 1 aromatic heterocycles. The van der Waals surface area contributed by atoms with Crippen LogP contribution in [0.4, 0.5) is 5.69 Å². The van der Waals surface area contributed by atoms with Gasteiger partial charge < -0.3 is 0 Å². The monoisotopic (exact) mass is 286 g/mol. The Bertz CT molecular complexity index is 372. The Balaban J connectivity index is 3.23. The molecule has 2 unspecified atom stereocenters. The quantitative estimate of drug-likeness (QED) is 0.483. The largest absolute Gasteiger partial charge is 0.291 e. The fraction of sp³-hybridized carbons (Fsp3) is 0.545. The first kappa shape index (κ1) is 13.1. The van der Waals surface area contributed by atoms with Crippen LogP contribution >= 0.6 is 15.9 Å². The maximum atomic E-state index is 10.9. The molecule has 16 heavy (non-hydrogen) atoms. The normalized spacial score (nSPS) is 14.8. The summed E-state index contributed by atoms with van der Waals surface area (Å²) in [6, 6.07) is 3.10. The van der Waals surface area contributed by atoms with Crippen LogP contribution in [0.25, 0.3) is 0 Å². The van der Waals surface area contributed by atoms with E-state index in [1.54, 1.807) is 12.3 Å². The second kappa shape index (κ2) is 5.39. The highest BCUT2D eigenvalue weighted by Crippen LogP contribution is 2.35. The molecule has 0 aromatic carbocycles. The predicted octanol–water partition coefficient (Wildman–Crippen LogP) is 3.51. The summed E-state index contributed by atoms with van der Waals surface area (Å²) in [6.07, 6.45) is 1.60. The van der Waals surface area contributed by atoms with E-state index < -0.39 is 0 Å². The third-order valence-electron chi connectivity index (χ3n) is 2.54. The van der Waals surface area contributed by atoms with Gasteiger partial charge in [0.15, 0.2) is 0 Å². The van der Waals surface area contributed by atoms with Crippen molar-refractivity contribution in [3.8, 4) is 0 Å². The molecular formula is C11H15BrN2O2. The molecule has 0 aliphatic heterocycles. The molecule has 1 rings (SSSR count). The zero-order valence-electron chi connectivity index (χ0n) is 9.55. The molecule has 1 aromatic rings. The van der Waals surface area contributed by atoms with Crippen LogP contribution < -0.4 is 0 Å². The zero-order chi connectivity index (χ0) is 12.3. The number of nitro groups is 1. The SMILES string of the molecule is CC(C)C(c1ncccc1[N+](=O)[O-])C(C)Br. The molecule has 0 amide bonds. The Hall–Kier alpha value is -0.970. The van der Waals surface area contributed by atoms with E-state index in [0.717, 1.165) is 0 Å². The van der Waals surface area contributed by atoms with Gasteiger partial charge >= 0.3 is 0 Å². The molecule has 0 spiro atoms. The van der Waals surface area contributed by atoms with E-state index >= 15 is 0 Å². The lowest BCUT2D eigenvalue weighted by Crippen LogP contribution is -2.18. The molecule has 2 atom stereocenters. The molecule has 0 aliphatic rings. The van der Waals surface area contributed by atoms with Gasteiger partial charge in [-0.1, -0.05) is 36.7 Å². The van der Waals surface area contributed by atoms with Crippen molar-refractivity contribution in [1.82, 2.24) is 4.98 Å². The van der Waals surface area contributed by atoms with Crippen LogP contribution in [0, 0.1) is 16.0 Å². The third kappa shape index (κ3) is 2.78. The molecule has 1 heterocycles. The van der Waals surface area contributed by atoms with Crippen molar-refractivity contribution in [1.29, 1.82) is 0 Å². The Morgan fingerprint density at radius 3 is 2.50 bits per heavy atom. The minimum Gasteiger partial charge on any atom is -0.258 e. The number of hydrogen-bond acceptors (Lipinski definition) is 3. The molecule has 0 bridgehead atoms. The van der Waals surface area contributed by atoms with E-state index in [0.29, 0.717) is 11.6 Å². The van der Waals surface area contributed by atoms with Crippen LogP contribution in [0.1, 0.15) is 32.4 Å². The van der Waals surface area contributed by atoms with Gasteiger partial charge in [0, 0.05) is 23.0 Å². The van der Waals surface area contributed by atoms with Crippen molar-refractivity contribution in [2.45, 2.75) is 31.5 Å². The van der Waals surface area contributed by atoms with Gasteiger partial charge in [-0.25, -0.2) is 0 Å². The lowest BCUT2D eigenvalue weighted by molar-refractivity contribution is -0.386. The lowest BCUT2D eigenvalue weighted by atomic mass is 9.89. The molecule has 88 valence electrons. The minimum absolute atomic E-state index is 0.0431. The molecular weight excluding hydrogens is 272 g/mol. The van der Waals surface area contributed by atoms with Crippen molar-refractivity contribution >= 4 is 21.6 Å². The summed E-state index contributed by atoms with van der Waals surface area (Å²) < 4.78 is 0. The van der Waals surface area contributed by atoms with Gasteiger partial charge in [0.1, 0.15) is 5.69 Å². The molecule has 0 saturated carbocycles. The summed E-state index contributed by atoms with van der Waals surface area (Å²) in [6.45, 7) is 6.07. The number of halogens is 1. The lowest BCUT2D eigenvalue weighted by Gasteiger charge is -2.22. The topological polar surface area (TPSA) is 56.0 Å². The van der Waals surface area contributed by atoms with Gasteiger partial charge in [-0.3, -0.25) is 15.1 Å². The van der Waals surface area contributed by atoms with Gasteiger partial charge in [0.25, 0.3) is 5.69 Å². The molecule has 4 nitrogen and oxygen atoms in total. The van der Waals surface area contributed by atoms with Crippen LogP contribution in [0.15, 0.2) is 18.3 Å². The summed E-state index contributed by atoms with van der Waals surface area (Å²) in [5.74, 6) is 0.338. The van der Waals surface area contributed by atoms with Crippen molar-refractivity contribution in [2.24, 2.45) is 5.92 Å². The molecule has 0 aliphatic carbocycles. The number of alkyl halides is 1. The first-order valence-electron chi connectivity index (χ1n) is 5.18. The highest BCUT2D eigenvalue weighted by molar-refractivity contribution is 9.09. The van der Waals surface area contributed by atoms with Crippen LogP contribution in [-0.2, 0) is 0 Å². The van der Waals surface area contributed by atoms with E-state index in [9.17, 15) is 10.1 Å². The molecule has 5 heteroatoms. The molecule has 0 N–H and O–H groups in total. The third-order valence-corrected chi connectivity index (χ3v) is 3.11. The Labute approximate surface area is 103 Å². The molecule has 0 radical (unpaired) electrons. The zero-order valence-corrected chi connectivity index (χ0v) is 11.1. The first-order valence-corrected chi connectivity index (χ1v) is 6.10. The minimum atomic E-state index is -0.368. The van der Waals surface area contributed by atoms with Gasteiger partial charge in [0.05, 0.1) is 4.92 Å². The predicted molar refractivity (Wildman–Crippen MR) is 66.9 cm³/mol. The summed E-state index contributed by atoms with van der Waals surface area (Å²) in [5.41, 5.74) is 0.666. The molecule has 0 saturated heterocycles. The first-order chi connectivity index (χ1) is 7.45. The number of aromatic nitrogens is 1. The van der Waals surface area contributed by atoms with E-state index in [1.807, 2.05) is 20.8 Å². The van der Waals surface area contributed by atoms with Crippen LogP contribution in [0.5, 0.6) is 0 Å². The van der Waals surface area contributed by atoms with E-state index in [2.05, 4.69) is 20.9 Å². The Morgan fingerprint density at radius 2 is 2.06 bits per heavy atom. The number of nitrogens with zero attached hydrogens (tertiary/aromatic N) is 2. The number of rotatable bonds is 4. The van der Waals surface area contributed by atoms with E-state index in [4.69, 9.17) is 0 Å². The van der Waals surface area contributed by atoms with Crippen molar-refractivity contribution in [3.63, 3.8) is 0 Å². The maximum Gasteiger partial charge on any atom is 0.291 e. The second-order valence-corrected chi connectivity index (χ2v) is 5.56. The van der Waals surface area contributed by atoms with E-state index in [-0.39, 0.29) is 21.4 Å². The van der Waals surface area contributed by atoms with E-state index in [1.165, 1.54) is 6.07 Å². The van der Waals surface area contributed by atoms with Crippen molar-refractivity contribution in [3.05, 3.63) is 34.1 Å². The summed E-state index contributed by atoms with van der Waals surface area (Å²) in [7, 11) is 0. The average Bonchev–Trinajstić information content (AvgIpc) is 2.17. The number of hydrogen-bond donors (Lipinski definition) is 0. The standard InChI is InChI=1S/C11H15BrN2O2/c1-7(2)10(8(3)12)11-9(14(15)16)5-4-6-13-11/h4-8,10H,1-3H3. The summed E-state index contributed by atoms with van der Waals surface area (Å²) in [4.78, 5) is 14.9. The Kier molecular flexibility index (Phi) is 4.41. The highest BCUT2D eigenvalue weighted by Gasteiger charge is 2.29. The fourth-order valence-electron chi connectivity index (χ4n) is 1.88. The second-order valence-electron chi connectivity index (χ2n) is 4.11. The van der Waals surface area contributed by atoms with Gasteiger partial charge in [0.2, 0.25) is 0 Å². The van der Waals surface area contributed by atoms with Gasteiger partial charge in [-0.05, 0) is 12.0 Å². The van der Waals surface area contributed by atoms with Gasteiger partial charge in [-0.2, -0.15) is 0 Å². The fourth-order valence-corrected chi connectivity index (χ4v) is 2.74. The van der Waals surface area contributed by atoms with Crippen LogP contribution in [-0.4, -0.2) is 14.7 Å². The molecule has 0 fully saturated rings. The summed E-state index contributed by atoms with van der Waals surface area (Å²) >= 11 is 3.50. The highest BCUT2D eigenvalue weighted by atomic mass is 79.9. The van der Waals surface area contributed by atoms with Crippen molar-refractivity contribution in [2.75, 3.05) is 0 Å². The summed E-state index contributed by atoms with van der Waals surface area (Å²) in [5, 5.41) is 10.9. The van der Waals surface area contributed by atoms with Crippen molar-refractivity contribution < 1.29 is 4.92 Å². The Morgan fingerprint density at radius 1 is 1.44 bits per heavy atom. The van der Waals surface area contributed by atoms with Crippen LogP contribution in [0.2, 0.25) is 0 Å². The number of pyridine rings is 1. The maximum absolute atomic E-state index is 10.9. The smallest absolute Gasteiger partial charge is 0.258 e. The van der Waals surface area contributed by atoms with Gasteiger partial charge in [-0.15, -0.1) is 0 Å². The average molecular weight is 287 g/mol.